The summed E-state index contributed by atoms with van der Waals surface area (Å²) in [6, 6.07) is 20.7. The minimum atomic E-state index is -0.00735. The maximum absolute atomic E-state index is 10.0. The molecule has 0 fully saturated rings. The van der Waals surface area contributed by atoms with E-state index in [2.05, 4.69) is 131 Å². The Morgan fingerprint density at radius 1 is 0.694 bits per heavy atom. The number of aliphatic hydroxyl groups excluding tert-OH is 1. The summed E-state index contributed by atoms with van der Waals surface area (Å²) in [4.78, 5) is 0. The average molecular weight is 493 g/mol. The molecule has 36 heavy (non-hydrogen) atoms. The molecule has 2 rings (SSSR count). The van der Waals surface area contributed by atoms with E-state index < -0.39 is 0 Å². The van der Waals surface area contributed by atoms with Gasteiger partial charge in [-0.15, -0.1) is 0 Å². The molecular formula is C35H56O. The van der Waals surface area contributed by atoms with Crippen LogP contribution >= 0.6 is 0 Å². The van der Waals surface area contributed by atoms with Crippen LogP contribution in [0.4, 0.5) is 0 Å². The van der Waals surface area contributed by atoms with Gasteiger partial charge in [0.1, 0.15) is 0 Å². The minimum Gasteiger partial charge on any atom is -0.396 e. The smallest absolute Gasteiger partial charge is 0.0436 e. The first-order chi connectivity index (χ1) is 16.7. The second-order valence-electron chi connectivity index (χ2n) is 13.8. The predicted molar refractivity (Wildman–Crippen MR) is 159 cm³/mol. The van der Waals surface area contributed by atoms with Gasteiger partial charge < -0.3 is 5.11 Å². The van der Waals surface area contributed by atoms with Crippen LogP contribution in [0.15, 0.2) is 54.6 Å². The number of aliphatic hydroxyl groups is 1. The van der Waals surface area contributed by atoms with E-state index in [0.717, 1.165) is 12.8 Å². The lowest BCUT2D eigenvalue weighted by atomic mass is 9.55. The lowest BCUT2D eigenvalue weighted by Gasteiger charge is -2.49. The van der Waals surface area contributed by atoms with E-state index in [1.807, 2.05) is 0 Å². The van der Waals surface area contributed by atoms with Gasteiger partial charge in [-0.1, -0.05) is 144 Å². The zero-order valence-corrected chi connectivity index (χ0v) is 25.4. The Morgan fingerprint density at radius 2 is 1.22 bits per heavy atom. The van der Waals surface area contributed by atoms with Crippen LogP contribution in [-0.4, -0.2) is 11.7 Å². The second kappa shape index (κ2) is 12.3. The maximum atomic E-state index is 10.0. The van der Waals surface area contributed by atoms with Crippen molar-refractivity contribution in [2.75, 3.05) is 6.61 Å². The van der Waals surface area contributed by atoms with Crippen molar-refractivity contribution >= 4 is 0 Å². The molecule has 2 aromatic rings. The van der Waals surface area contributed by atoms with Gasteiger partial charge in [-0.3, -0.25) is 0 Å². The fourth-order valence-corrected chi connectivity index (χ4v) is 6.98. The van der Waals surface area contributed by atoms with Gasteiger partial charge in [0.05, 0.1) is 0 Å². The van der Waals surface area contributed by atoms with Gasteiger partial charge >= 0.3 is 0 Å². The highest BCUT2D eigenvalue weighted by molar-refractivity contribution is 5.32. The van der Waals surface area contributed by atoms with E-state index in [1.165, 1.54) is 23.1 Å². The van der Waals surface area contributed by atoms with Crippen LogP contribution in [0.5, 0.6) is 0 Å². The zero-order valence-electron chi connectivity index (χ0n) is 25.4. The van der Waals surface area contributed by atoms with Crippen LogP contribution in [0, 0.1) is 28.6 Å². The Hall–Kier alpha value is -1.60. The Labute approximate surface area is 224 Å². The quantitative estimate of drug-likeness (QED) is 0.312. The van der Waals surface area contributed by atoms with Gasteiger partial charge in [0.15, 0.2) is 0 Å². The van der Waals surface area contributed by atoms with E-state index >= 15 is 0 Å². The molecule has 0 aliphatic carbocycles. The molecule has 0 amide bonds. The molecule has 0 radical (unpaired) electrons. The topological polar surface area (TPSA) is 20.2 Å². The second-order valence-corrected chi connectivity index (χ2v) is 13.8. The molecule has 0 aliphatic rings. The Balaban J connectivity index is 2.66. The van der Waals surface area contributed by atoms with Crippen LogP contribution < -0.4 is 0 Å². The van der Waals surface area contributed by atoms with Crippen molar-refractivity contribution in [2.24, 2.45) is 28.6 Å². The predicted octanol–water partition coefficient (Wildman–Crippen LogP) is 9.99. The van der Waals surface area contributed by atoms with Crippen molar-refractivity contribution in [3.05, 3.63) is 71.3 Å². The standard InChI is InChI=1S/C35H56O/c1-12-25(3)35(10,11)32(27-17-15-14-16-18-27)30(13-2)26(4)31(34(8,9)23-24-36)28-19-21-29(22-20-28)33(5,6)7/h14-22,25-26,30-32,36H,12-13,23-24H2,1-11H3. The Bertz CT molecular complexity index is 900. The molecule has 0 saturated heterocycles. The summed E-state index contributed by atoms with van der Waals surface area (Å²) in [6.45, 7) is 26.5. The van der Waals surface area contributed by atoms with E-state index in [4.69, 9.17) is 0 Å². The highest BCUT2D eigenvalue weighted by atomic mass is 16.3. The van der Waals surface area contributed by atoms with Crippen molar-refractivity contribution in [3.63, 3.8) is 0 Å². The van der Waals surface area contributed by atoms with Gasteiger partial charge in [0.2, 0.25) is 0 Å². The van der Waals surface area contributed by atoms with E-state index in [0.29, 0.717) is 29.6 Å². The third kappa shape index (κ3) is 6.83. The molecule has 202 valence electrons. The third-order valence-corrected chi connectivity index (χ3v) is 9.68. The summed E-state index contributed by atoms with van der Waals surface area (Å²) in [5.74, 6) is 2.45. The van der Waals surface area contributed by atoms with Crippen molar-refractivity contribution in [1.29, 1.82) is 0 Å². The maximum Gasteiger partial charge on any atom is 0.0436 e. The van der Waals surface area contributed by atoms with Crippen LogP contribution in [0.2, 0.25) is 0 Å². The van der Waals surface area contributed by atoms with Crippen molar-refractivity contribution in [2.45, 2.75) is 113 Å². The molecule has 0 aromatic heterocycles. The first-order valence-electron chi connectivity index (χ1n) is 14.5. The molecule has 1 heteroatoms. The summed E-state index contributed by atoms with van der Waals surface area (Å²) in [7, 11) is 0. The van der Waals surface area contributed by atoms with Gasteiger partial charge in [-0.25, -0.2) is 0 Å². The van der Waals surface area contributed by atoms with Crippen LogP contribution in [0.1, 0.15) is 124 Å². The summed E-state index contributed by atoms with van der Waals surface area (Å²) in [5.41, 5.74) is 4.58. The van der Waals surface area contributed by atoms with Crippen molar-refractivity contribution in [3.8, 4) is 0 Å². The molecule has 0 bridgehead atoms. The number of hydrogen-bond acceptors (Lipinski definition) is 1. The van der Waals surface area contributed by atoms with Crippen molar-refractivity contribution in [1.82, 2.24) is 0 Å². The fraction of sp³-hybridized carbons (Fsp3) is 0.657. The van der Waals surface area contributed by atoms with E-state index in [1.54, 1.807) is 0 Å². The third-order valence-electron chi connectivity index (χ3n) is 9.68. The molecule has 0 saturated carbocycles. The van der Waals surface area contributed by atoms with Gasteiger partial charge in [-0.05, 0) is 68.9 Å². The lowest BCUT2D eigenvalue weighted by Crippen LogP contribution is -2.40. The fourth-order valence-electron chi connectivity index (χ4n) is 6.98. The molecule has 1 N–H and O–H groups in total. The monoisotopic (exact) mass is 492 g/mol. The number of hydrogen-bond donors (Lipinski definition) is 1. The lowest BCUT2D eigenvalue weighted by molar-refractivity contribution is 0.0640. The number of benzene rings is 2. The molecule has 0 heterocycles. The summed E-state index contributed by atoms with van der Waals surface area (Å²) < 4.78 is 0. The first kappa shape index (κ1) is 30.6. The normalized spacial score (nSPS) is 17.3. The highest BCUT2D eigenvalue weighted by Gasteiger charge is 2.45. The number of rotatable bonds is 12. The molecule has 5 unspecified atom stereocenters. The molecule has 5 atom stereocenters. The van der Waals surface area contributed by atoms with Gasteiger partial charge in [0.25, 0.3) is 0 Å². The van der Waals surface area contributed by atoms with Crippen molar-refractivity contribution < 1.29 is 5.11 Å². The molecule has 1 nitrogen and oxygen atoms in total. The largest absolute Gasteiger partial charge is 0.396 e. The van der Waals surface area contributed by atoms with Crippen LogP contribution in [0.3, 0.4) is 0 Å². The summed E-state index contributed by atoms with van der Waals surface area (Å²) in [6.07, 6.45) is 3.14. The van der Waals surface area contributed by atoms with E-state index in [-0.39, 0.29) is 22.9 Å². The molecule has 0 aliphatic heterocycles. The van der Waals surface area contributed by atoms with Crippen LogP contribution in [0.25, 0.3) is 0 Å². The molecule has 2 aromatic carbocycles. The van der Waals surface area contributed by atoms with Gasteiger partial charge in [0, 0.05) is 6.61 Å². The summed E-state index contributed by atoms with van der Waals surface area (Å²) in [5, 5.41) is 10.0. The van der Waals surface area contributed by atoms with E-state index in [9.17, 15) is 5.11 Å². The SMILES string of the molecule is CCC(C(C)C(c1ccc(C(C)(C)C)cc1)C(C)(C)CCO)C(c1ccccc1)C(C)(C)C(C)CC. The Morgan fingerprint density at radius 3 is 1.67 bits per heavy atom. The average Bonchev–Trinajstić information content (AvgIpc) is 2.81. The molecular weight excluding hydrogens is 436 g/mol. The zero-order chi connectivity index (χ0) is 27.3. The summed E-state index contributed by atoms with van der Waals surface area (Å²) >= 11 is 0. The van der Waals surface area contributed by atoms with Gasteiger partial charge in [-0.2, -0.15) is 0 Å². The first-order valence-corrected chi connectivity index (χ1v) is 14.5. The molecule has 0 spiro atoms. The Kier molecular flexibility index (Phi) is 10.5. The highest BCUT2D eigenvalue weighted by Crippen LogP contribution is 2.55. The minimum absolute atomic E-state index is 0.00735. The van der Waals surface area contributed by atoms with Crippen LogP contribution in [-0.2, 0) is 5.41 Å².